The van der Waals surface area contributed by atoms with Crippen LogP contribution in [0.4, 0.5) is 5.69 Å². The molecule has 2 N–H and O–H groups in total. The zero-order valence-corrected chi connectivity index (χ0v) is 18.7. The topological polar surface area (TPSA) is 80.0 Å². The number of carbonyl (C=O) groups excluding carboxylic acids is 1. The van der Waals surface area contributed by atoms with Gasteiger partial charge in [0.2, 0.25) is 5.91 Å². The molecule has 6 nitrogen and oxygen atoms in total. The van der Waals surface area contributed by atoms with Gasteiger partial charge in [0.05, 0.1) is 11.3 Å². The molecule has 0 bridgehead atoms. The van der Waals surface area contributed by atoms with Gasteiger partial charge in [-0.05, 0) is 42.8 Å². The number of nitrogens with zero attached hydrogens (tertiary/aromatic N) is 3. The fraction of sp³-hybridized carbons (Fsp3) is 0.150. The number of halogens is 2. The van der Waals surface area contributed by atoms with E-state index in [2.05, 4.69) is 38.0 Å². The summed E-state index contributed by atoms with van der Waals surface area (Å²) < 4.78 is 2.61. The van der Waals surface area contributed by atoms with Gasteiger partial charge < -0.3 is 10.4 Å². The van der Waals surface area contributed by atoms with E-state index in [9.17, 15) is 9.90 Å². The van der Waals surface area contributed by atoms with Crippen LogP contribution < -0.4 is 5.32 Å². The van der Waals surface area contributed by atoms with Gasteiger partial charge in [-0.1, -0.05) is 51.4 Å². The lowest BCUT2D eigenvalue weighted by Gasteiger charge is -2.10. The molecule has 0 unspecified atom stereocenters. The van der Waals surface area contributed by atoms with Crippen molar-refractivity contribution < 1.29 is 9.90 Å². The minimum absolute atomic E-state index is 0.0939. The predicted octanol–water partition coefficient (Wildman–Crippen LogP) is 5.29. The van der Waals surface area contributed by atoms with E-state index in [0.29, 0.717) is 33.8 Å². The minimum atomic E-state index is -0.185. The highest BCUT2D eigenvalue weighted by molar-refractivity contribution is 9.10. The third kappa shape index (κ3) is 5.20. The maximum absolute atomic E-state index is 12.3. The maximum atomic E-state index is 12.3. The van der Waals surface area contributed by atoms with Gasteiger partial charge in [-0.2, -0.15) is 0 Å². The number of aryl methyl sites for hydroxylation is 1. The van der Waals surface area contributed by atoms with Crippen molar-refractivity contribution >= 4 is 50.9 Å². The number of carbonyl (C=O) groups is 1. The SMILES string of the molecule is C=CCn1c(SCC(=O)Nc2ccc(C)c(Cl)c2)nnc1-c1cc(Br)ccc1O. The molecule has 0 fully saturated rings. The summed E-state index contributed by atoms with van der Waals surface area (Å²) in [7, 11) is 0. The Kier molecular flexibility index (Phi) is 7.00. The van der Waals surface area contributed by atoms with E-state index >= 15 is 0 Å². The summed E-state index contributed by atoms with van der Waals surface area (Å²) in [6, 6.07) is 10.5. The molecule has 0 saturated carbocycles. The zero-order chi connectivity index (χ0) is 21.0. The Hall–Kier alpha value is -2.29. The number of thioether (sulfide) groups is 1. The van der Waals surface area contributed by atoms with Crippen molar-refractivity contribution in [3.05, 3.63) is 64.1 Å². The largest absolute Gasteiger partial charge is 0.507 e. The van der Waals surface area contributed by atoms with Crippen molar-refractivity contribution in [1.29, 1.82) is 0 Å². The van der Waals surface area contributed by atoms with Crippen molar-refractivity contribution in [2.45, 2.75) is 18.6 Å². The van der Waals surface area contributed by atoms with Gasteiger partial charge in [0.15, 0.2) is 11.0 Å². The summed E-state index contributed by atoms with van der Waals surface area (Å²) in [5.41, 5.74) is 2.12. The first-order valence-corrected chi connectivity index (χ1v) is 10.8. The molecule has 0 aliphatic heterocycles. The van der Waals surface area contributed by atoms with Crippen LogP contribution in [0, 0.1) is 6.92 Å². The van der Waals surface area contributed by atoms with Gasteiger partial charge in [0.1, 0.15) is 5.75 Å². The second-order valence-corrected chi connectivity index (χ2v) is 8.43. The smallest absolute Gasteiger partial charge is 0.234 e. The standard InChI is InChI=1S/C20H18BrClN4O2S/c1-3-8-26-19(15-9-13(21)5-7-17(15)27)24-25-20(26)29-11-18(28)23-14-6-4-12(2)16(22)10-14/h3-7,9-10,27H,1,8,11H2,2H3,(H,23,28). The van der Waals surface area contributed by atoms with Crippen molar-refractivity contribution in [3.63, 3.8) is 0 Å². The lowest BCUT2D eigenvalue weighted by molar-refractivity contribution is -0.113. The van der Waals surface area contributed by atoms with Crippen molar-refractivity contribution in [2.24, 2.45) is 0 Å². The Morgan fingerprint density at radius 2 is 2.14 bits per heavy atom. The van der Waals surface area contributed by atoms with Crippen LogP contribution in [0.2, 0.25) is 5.02 Å². The lowest BCUT2D eigenvalue weighted by atomic mass is 10.2. The summed E-state index contributed by atoms with van der Waals surface area (Å²) >= 11 is 10.7. The van der Waals surface area contributed by atoms with E-state index in [0.717, 1.165) is 10.0 Å². The number of hydrogen-bond donors (Lipinski definition) is 2. The molecule has 0 saturated heterocycles. The zero-order valence-electron chi connectivity index (χ0n) is 15.5. The highest BCUT2D eigenvalue weighted by Crippen LogP contribution is 2.32. The molecule has 0 radical (unpaired) electrons. The fourth-order valence-corrected chi connectivity index (χ4v) is 3.86. The molecule has 3 rings (SSSR count). The molecule has 150 valence electrons. The van der Waals surface area contributed by atoms with Gasteiger partial charge >= 0.3 is 0 Å². The maximum Gasteiger partial charge on any atom is 0.234 e. The average Bonchev–Trinajstić information content (AvgIpc) is 3.08. The molecular weight excluding hydrogens is 476 g/mol. The minimum Gasteiger partial charge on any atom is -0.507 e. The number of aromatic nitrogens is 3. The molecule has 9 heteroatoms. The molecule has 0 aliphatic rings. The normalized spacial score (nSPS) is 10.7. The summed E-state index contributed by atoms with van der Waals surface area (Å²) in [6.45, 7) is 6.10. The van der Waals surface area contributed by atoms with Gasteiger partial charge in [-0.15, -0.1) is 16.8 Å². The number of hydrogen-bond acceptors (Lipinski definition) is 5. The Morgan fingerprint density at radius 3 is 2.86 bits per heavy atom. The molecule has 0 atom stereocenters. The van der Waals surface area contributed by atoms with Crippen LogP contribution in [0.25, 0.3) is 11.4 Å². The fourth-order valence-electron chi connectivity index (χ4n) is 2.57. The highest BCUT2D eigenvalue weighted by Gasteiger charge is 2.18. The van der Waals surface area contributed by atoms with Crippen LogP contribution >= 0.6 is 39.3 Å². The van der Waals surface area contributed by atoms with Crippen molar-refractivity contribution in [3.8, 4) is 17.1 Å². The quantitative estimate of drug-likeness (QED) is 0.345. The van der Waals surface area contributed by atoms with E-state index in [1.54, 1.807) is 41.0 Å². The van der Waals surface area contributed by atoms with Crippen molar-refractivity contribution in [2.75, 3.05) is 11.1 Å². The molecule has 0 aliphatic carbocycles. The number of phenolic OH excluding ortho intramolecular Hbond substituents is 1. The number of benzene rings is 2. The van der Waals surface area contributed by atoms with Crippen molar-refractivity contribution in [1.82, 2.24) is 14.8 Å². The molecule has 0 spiro atoms. The molecule has 1 aromatic heterocycles. The van der Waals surface area contributed by atoms with E-state index in [-0.39, 0.29) is 17.4 Å². The molecule has 29 heavy (non-hydrogen) atoms. The van der Waals surface area contributed by atoms with Gasteiger partial charge in [-0.25, -0.2) is 0 Å². The monoisotopic (exact) mass is 492 g/mol. The number of amides is 1. The number of aromatic hydroxyl groups is 1. The molecule has 1 amide bonds. The van der Waals surface area contributed by atoms with Crippen LogP contribution in [-0.2, 0) is 11.3 Å². The summed E-state index contributed by atoms with van der Waals surface area (Å²) in [4.78, 5) is 12.3. The first kappa shape index (κ1) is 21.4. The molecule has 3 aromatic rings. The summed E-state index contributed by atoms with van der Waals surface area (Å²) in [6.07, 6.45) is 1.71. The average molecular weight is 494 g/mol. The molecule has 2 aromatic carbocycles. The number of allylic oxidation sites excluding steroid dienone is 1. The number of anilines is 1. The van der Waals surface area contributed by atoms with E-state index in [1.807, 2.05) is 13.0 Å². The second kappa shape index (κ2) is 9.47. The number of nitrogens with one attached hydrogen (secondary N) is 1. The van der Waals surface area contributed by atoms with Gasteiger partial charge in [0.25, 0.3) is 0 Å². The summed E-state index contributed by atoms with van der Waals surface area (Å²) in [5, 5.41) is 22.6. The van der Waals surface area contributed by atoms with Crippen LogP contribution in [0.3, 0.4) is 0 Å². The number of rotatable bonds is 7. The summed E-state index contributed by atoms with van der Waals surface area (Å²) in [5.74, 6) is 0.550. The Bertz CT molecular complexity index is 1070. The van der Waals surface area contributed by atoms with Crippen LogP contribution in [0.15, 0.2) is 58.7 Å². The van der Waals surface area contributed by atoms with Crippen LogP contribution in [-0.4, -0.2) is 31.5 Å². The molecular formula is C20H18BrClN4O2S. The van der Waals surface area contributed by atoms with E-state index < -0.39 is 0 Å². The van der Waals surface area contributed by atoms with E-state index in [1.165, 1.54) is 11.8 Å². The third-order valence-corrected chi connectivity index (χ3v) is 5.88. The number of phenols is 1. The predicted molar refractivity (Wildman–Crippen MR) is 121 cm³/mol. The first-order chi connectivity index (χ1) is 13.9. The Balaban J connectivity index is 1.76. The Morgan fingerprint density at radius 1 is 1.34 bits per heavy atom. The third-order valence-electron chi connectivity index (χ3n) is 4.02. The van der Waals surface area contributed by atoms with Crippen LogP contribution in [0.5, 0.6) is 5.75 Å². The highest BCUT2D eigenvalue weighted by atomic mass is 79.9. The second-order valence-electron chi connectivity index (χ2n) is 6.17. The Labute approximate surface area is 186 Å². The van der Waals surface area contributed by atoms with Gasteiger partial charge in [0, 0.05) is 21.7 Å². The van der Waals surface area contributed by atoms with Crippen LogP contribution in [0.1, 0.15) is 5.56 Å². The molecule has 1 heterocycles. The van der Waals surface area contributed by atoms with Gasteiger partial charge in [-0.3, -0.25) is 9.36 Å². The van der Waals surface area contributed by atoms with E-state index in [4.69, 9.17) is 11.6 Å². The lowest BCUT2D eigenvalue weighted by Crippen LogP contribution is -2.14. The first-order valence-electron chi connectivity index (χ1n) is 8.61.